The third-order valence-electron chi connectivity index (χ3n) is 5.86. The molecule has 1 aromatic carbocycles. The second-order valence-corrected chi connectivity index (χ2v) is 8.21. The first-order valence-corrected chi connectivity index (χ1v) is 11.2. The van der Waals surface area contributed by atoms with E-state index in [9.17, 15) is 14.7 Å². The maximum atomic E-state index is 12.0. The standard InChI is InChI=1S/C24H32N4O4/c1-4-20(5-2)32-22-14-18(24(30)31)13-21(23(22)25-16(3)29)28-15-19(26-27-28)12-11-17-9-7-6-8-10-17/h6-10,13,15,20-23H,4-5,11-12,14H2,1-3H3,(H,25,29)(H,30,31)/t21-,22-,23-/m1/s1. The molecule has 0 unspecified atom stereocenters. The molecule has 0 bridgehead atoms. The van der Waals surface area contributed by atoms with E-state index in [1.165, 1.54) is 12.5 Å². The first kappa shape index (κ1) is 23.7. The van der Waals surface area contributed by atoms with Crippen LogP contribution < -0.4 is 5.32 Å². The van der Waals surface area contributed by atoms with Crippen LogP contribution in [0.5, 0.6) is 0 Å². The van der Waals surface area contributed by atoms with E-state index in [1.54, 1.807) is 10.8 Å². The zero-order valence-electron chi connectivity index (χ0n) is 18.9. The average molecular weight is 441 g/mol. The first-order valence-electron chi connectivity index (χ1n) is 11.2. The Kier molecular flexibility index (Phi) is 8.16. The maximum Gasteiger partial charge on any atom is 0.331 e. The minimum Gasteiger partial charge on any atom is -0.478 e. The van der Waals surface area contributed by atoms with E-state index < -0.39 is 24.2 Å². The summed E-state index contributed by atoms with van der Waals surface area (Å²) in [7, 11) is 0. The number of benzene rings is 1. The fraction of sp³-hybridized carbons (Fsp3) is 0.500. The van der Waals surface area contributed by atoms with E-state index in [4.69, 9.17) is 4.74 Å². The number of hydrogen-bond donors (Lipinski definition) is 2. The number of aromatic nitrogens is 3. The molecule has 0 fully saturated rings. The lowest BCUT2D eigenvalue weighted by Gasteiger charge is -2.38. The largest absolute Gasteiger partial charge is 0.478 e. The molecule has 1 heterocycles. The fourth-order valence-electron chi connectivity index (χ4n) is 4.11. The second kappa shape index (κ2) is 11.0. The summed E-state index contributed by atoms with van der Waals surface area (Å²) in [5.74, 6) is -1.19. The van der Waals surface area contributed by atoms with Crippen molar-refractivity contribution in [3.8, 4) is 0 Å². The van der Waals surface area contributed by atoms with Gasteiger partial charge < -0.3 is 15.2 Å². The highest BCUT2D eigenvalue weighted by Crippen LogP contribution is 2.31. The molecule has 1 aliphatic carbocycles. The molecule has 0 radical (unpaired) electrons. The smallest absolute Gasteiger partial charge is 0.331 e. The zero-order valence-corrected chi connectivity index (χ0v) is 18.9. The number of nitrogens with one attached hydrogen (secondary N) is 1. The molecule has 2 aromatic rings. The molecule has 0 aliphatic heterocycles. The van der Waals surface area contributed by atoms with Crippen LogP contribution in [0.3, 0.4) is 0 Å². The van der Waals surface area contributed by atoms with E-state index in [0.29, 0.717) is 6.42 Å². The lowest BCUT2D eigenvalue weighted by molar-refractivity contribution is -0.134. The summed E-state index contributed by atoms with van der Waals surface area (Å²) in [6.45, 7) is 5.52. The number of rotatable bonds is 10. The van der Waals surface area contributed by atoms with Gasteiger partial charge in [-0.25, -0.2) is 9.48 Å². The second-order valence-electron chi connectivity index (χ2n) is 8.21. The number of nitrogens with zero attached hydrogens (tertiary/aromatic N) is 3. The molecular weight excluding hydrogens is 408 g/mol. The van der Waals surface area contributed by atoms with Gasteiger partial charge in [-0.1, -0.05) is 49.4 Å². The molecule has 1 aliphatic rings. The minimum atomic E-state index is -0.987. The lowest BCUT2D eigenvalue weighted by Crippen LogP contribution is -2.52. The molecule has 0 saturated heterocycles. The molecule has 3 rings (SSSR count). The van der Waals surface area contributed by atoms with E-state index in [2.05, 4.69) is 27.8 Å². The van der Waals surface area contributed by atoms with Gasteiger partial charge in [0.05, 0.1) is 30.0 Å². The molecule has 32 heavy (non-hydrogen) atoms. The topological polar surface area (TPSA) is 106 Å². The molecule has 0 spiro atoms. The summed E-state index contributed by atoms with van der Waals surface area (Å²) in [4.78, 5) is 23.8. The summed E-state index contributed by atoms with van der Waals surface area (Å²) in [6.07, 6.45) is 6.39. The van der Waals surface area contributed by atoms with Gasteiger partial charge in [0.25, 0.3) is 0 Å². The number of ether oxygens (including phenoxy) is 1. The van der Waals surface area contributed by atoms with Crippen LogP contribution in [-0.2, 0) is 27.2 Å². The number of aliphatic carboxylic acids is 1. The summed E-state index contributed by atoms with van der Waals surface area (Å²) in [5.41, 5.74) is 2.28. The van der Waals surface area contributed by atoms with Crippen molar-refractivity contribution in [2.24, 2.45) is 0 Å². The summed E-state index contributed by atoms with van der Waals surface area (Å²) in [5, 5.41) is 21.2. The Morgan fingerprint density at radius 2 is 1.94 bits per heavy atom. The Bertz CT molecular complexity index is 936. The SMILES string of the molecule is CCC(CC)O[C@@H]1CC(C(=O)O)=C[C@@H](n2cc(CCc3ccccc3)nn2)[C@H]1NC(C)=O. The molecule has 3 atom stereocenters. The highest BCUT2D eigenvalue weighted by atomic mass is 16.5. The van der Waals surface area contributed by atoms with Crippen LogP contribution in [0, 0.1) is 0 Å². The van der Waals surface area contributed by atoms with Gasteiger partial charge in [-0.05, 0) is 37.3 Å². The van der Waals surface area contributed by atoms with E-state index in [1.807, 2.05) is 38.2 Å². The van der Waals surface area contributed by atoms with Crippen LogP contribution in [0.4, 0.5) is 0 Å². The summed E-state index contributed by atoms with van der Waals surface area (Å²) in [6, 6.07) is 9.18. The third kappa shape index (κ3) is 6.03. The van der Waals surface area contributed by atoms with Gasteiger partial charge in [0.2, 0.25) is 5.91 Å². The number of carbonyl (C=O) groups excluding carboxylic acids is 1. The number of aryl methyl sites for hydroxylation is 2. The lowest BCUT2D eigenvalue weighted by atomic mass is 9.87. The molecule has 1 amide bonds. The highest BCUT2D eigenvalue weighted by Gasteiger charge is 2.39. The number of amides is 1. The molecular formula is C24H32N4O4. The van der Waals surface area contributed by atoms with Crippen LogP contribution >= 0.6 is 0 Å². The van der Waals surface area contributed by atoms with Gasteiger partial charge in [0.1, 0.15) is 0 Å². The van der Waals surface area contributed by atoms with Gasteiger partial charge in [0.15, 0.2) is 0 Å². The van der Waals surface area contributed by atoms with Gasteiger partial charge in [-0.15, -0.1) is 5.10 Å². The number of carboxylic acids is 1. The van der Waals surface area contributed by atoms with Gasteiger partial charge in [-0.3, -0.25) is 4.79 Å². The van der Waals surface area contributed by atoms with E-state index in [-0.39, 0.29) is 24.0 Å². The van der Waals surface area contributed by atoms with Crippen molar-refractivity contribution in [3.63, 3.8) is 0 Å². The number of carboxylic acid groups (broad SMARTS) is 1. The molecule has 0 saturated carbocycles. The normalized spacial score (nSPS) is 20.8. The molecule has 2 N–H and O–H groups in total. The number of carbonyl (C=O) groups is 2. The van der Waals surface area contributed by atoms with Crippen molar-refractivity contribution < 1.29 is 19.4 Å². The highest BCUT2D eigenvalue weighted by molar-refractivity contribution is 5.87. The molecule has 1 aromatic heterocycles. The maximum absolute atomic E-state index is 12.0. The third-order valence-corrected chi connectivity index (χ3v) is 5.86. The quantitative estimate of drug-likeness (QED) is 0.588. The summed E-state index contributed by atoms with van der Waals surface area (Å²) < 4.78 is 7.91. The van der Waals surface area contributed by atoms with E-state index in [0.717, 1.165) is 25.0 Å². The Morgan fingerprint density at radius 3 is 2.56 bits per heavy atom. The van der Waals surface area contributed by atoms with Crippen LogP contribution in [0.1, 0.15) is 57.3 Å². The van der Waals surface area contributed by atoms with Crippen LogP contribution in [0.25, 0.3) is 0 Å². The van der Waals surface area contributed by atoms with Crippen molar-refractivity contribution in [2.45, 2.75) is 77.2 Å². The zero-order chi connectivity index (χ0) is 23.1. The van der Waals surface area contributed by atoms with Crippen LogP contribution in [-0.4, -0.2) is 50.2 Å². The van der Waals surface area contributed by atoms with Crippen molar-refractivity contribution in [1.82, 2.24) is 20.3 Å². The van der Waals surface area contributed by atoms with Crippen molar-refractivity contribution >= 4 is 11.9 Å². The van der Waals surface area contributed by atoms with Crippen molar-refractivity contribution in [2.75, 3.05) is 0 Å². The molecule has 172 valence electrons. The minimum absolute atomic E-state index is 0.0118. The van der Waals surface area contributed by atoms with Gasteiger partial charge in [-0.2, -0.15) is 0 Å². The predicted octanol–water partition coefficient (Wildman–Crippen LogP) is 3.10. The van der Waals surface area contributed by atoms with Crippen molar-refractivity contribution in [3.05, 3.63) is 59.4 Å². The molecule has 8 nitrogen and oxygen atoms in total. The average Bonchev–Trinajstić information content (AvgIpc) is 3.26. The Hall–Kier alpha value is -3.00. The monoisotopic (exact) mass is 440 g/mol. The van der Waals surface area contributed by atoms with Gasteiger partial charge >= 0.3 is 5.97 Å². The van der Waals surface area contributed by atoms with Crippen LogP contribution in [0.2, 0.25) is 0 Å². The summed E-state index contributed by atoms with van der Waals surface area (Å²) >= 11 is 0. The van der Waals surface area contributed by atoms with Crippen LogP contribution in [0.15, 0.2) is 48.2 Å². The molecule has 8 heteroatoms. The fourth-order valence-corrected chi connectivity index (χ4v) is 4.11. The predicted molar refractivity (Wildman–Crippen MR) is 120 cm³/mol. The Labute approximate surface area is 188 Å². The Morgan fingerprint density at radius 1 is 1.22 bits per heavy atom. The van der Waals surface area contributed by atoms with E-state index >= 15 is 0 Å². The van der Waals surface area contributed by atoms with Crippen molar-refractivity contribution in [1.29, 1.82) is 0 Å². The number of hydrogen-bond acceptors (Lipinski definition) is 5. The van der Waals surface area contributed by atoms with Gasteiger partial charge in [0, 0.05) is 25.1 Å². The Balaban J connectivity index is 1.86. The first-order chi connectivity index (χ1) is 15.4.